The van der Waals surface area contributed by atoms with Crippen molar-refractivity contribution in [2.75, 3.05) is 12.5 Å². The topological polar surface area (TPSA) is 55.7 Å². The fraction of sp³-hybridized carbons (Fsp3) is 0.417. The van der Waals surface area contributed by atoms with Gasteiger partial charge in [-0.1, -0.05) is 43.3 Å². The van der Waals surface area contributed by atoms with Gasteiger partial charge < -0.3 is 0 Å². The van der Waals surface area contributed by atoms with E-state index in [0.717, 1.165) is 11.8 Å². The summed E-state index contributed by atoms with van der Waals surface area (Å²) in [4.78, 5) is 0. The van der Waals surface area contributed by atoms with Crippen molar-refractivity contribution >= 4 is 26.9 Å². The summed E-state index contributed by atoms with van der Waals surface area (Å²) in [7, 11) is -3.56. The van der Waals surface area contributed by atoms with E-state index in [1.807, 2.05) is 30.5 Å². The fourth-order valence-corrected chi connectivity index (χ4v) is 2.06. The lowest BCUT2D eigenvalue weighted by Gasteiger charge is -2.07. The summed E-state index contributed by atoms with van der Waals surface area (Å²) in [5.41, 5.74) is 2.07. The van der Waals surface area contributed by atoms with Gasteiger partial charge in [0.1, 0.15) is 5.04 Å². The van der Waals surface area contributed by atoms with Crippen LogP contribution in [0, 0.1) is 0 Å². The molecule has 0 bridgehead atoms. The maximum atomic E-state index is 10.9. The van der Waals surface area contributed by atoms with Crippen LogP contribution in [0.3, 0.4) is 0 Å². The van der Waals surface area contributed by atoms with E-state index in [1.165, 1.54) is 17.3 Å². The first-order chi connectivity index (χ1) is 8.33. The van der Waals surface area contributed by atoms with Crippen LogP contribution in [0.4, 0.5) is 0 Å². The number of thioether (sulfide) groups is 1. The SMILES string of the molecule is CS/C(=N\OS(C)(=O)=O)c1ccc(C(C)C)cc1. The molecule has 0 aromatic heterocycles. The summed E-state index contributed by atoms with van der Waals surface area (Å²) in [5.74, 6) is 0.459. The fourth-order valence-electron chi connectivity index (χ4n) is 1.32. The third kappa shape index (κ3) is 4.70. The van der Waals surface area contributed by atoms with Gasteiger partial charge in [0.25, 0.3) is 0 Å². The Kier molecular flexibility index (Phi) is 5.22. The van der Waals surface area contributed by atoms with E-state index in [2.05, 4.69) is 23.3 Å². The third-order valence-electron chi connectivity index (χ3n) is 2.27. The maximum absolute atomic E-state index is 10.9. The standard InChI is InChI=1S/C12H17NO3S2/c1-9(2)10-5-7-11(8-6-10)12(17-3)13-16-18(4,14)15/h5-9H,1-4H3/b13-12-. The molecule has 6 heteroatoms. The van der Waals surface area contributed by atoms with E-state index in [4.69, 9.17) is 0 Å². The van der Waals surface area contributed by atoms with Crippen molar-refractivity contribution in [3.8, 4) is 0 Å². The number of rotatable bonds is 4. The van der Waals surface area contributed by atoms with Crippen LogP contribution in [-0.2, 0) is 14.4 Å². The van der Waals surface area contributed by atoms with Crippen LogP contribution < -0.4 is 0 Å². The second kappa shape index (κ2) is 6.24. The van der Waals surface area contributed by atoms with Crippen molar-refractivity contribution in [3.63, 3.8) is 0 Å². The highest BCUT2D eigenvalue weighted by molar-refractivity contribution is 8.13. The largest absolute Gasteiger partial charge is 0.325 e. The van der Waals surface area contributed by atoms with E-state index in [-0.39, 0.29) is 0 Å². The zero-order valence-electron chi connectivity index (χ0n) is 10.9. The molecule has 1 rings (SSSR count). The predicted molar refractivity (Wildman–Crippen MR) is 76.5 cm³/mol. The lowest BCUT2D eigenvalue weighted by molar-refractivity contribution is 0.344. The highest BCUT2D eigenvalue weighted by atomic mass is 32.2. The van der Waals surface area contributed by atoms with Gasteiger partial charge in [0.15, 0.2) is 0 Å². The van der Waals surface area contributed by atoms with Crippen molar-refractivity contribution in [2.45, 2.75) is 19.8 Å². The average molecular weight is 287 g/mol. The molecule has 0 atom stereocenters. The number of nitrogens with zero attached hydrogens (tertiary/aromatic N) is 1. The van der Waals surface area contributed by atoms with Crippen LogP contribution in [-0.4, -0.2) is 26.0 Å². The van der Waals surface area contributed by atoms with E-state index < -0.39 is 10.1 Å². The van der Waals surface area contributed by atoms with E-state index in [0.29, 0.717) is 11.0 Å². The van der Waals surface area contributed by atoms with Gasteiger partial charge >= 0.3 is 10.1 Å². The molecule has 0 heterocycles. The van der Waals surface area contributed by atoms with E-state index in [1.54, 1.807) is 0 Å². The van der Waals surface area contributed by atoms with E-state index in [9.17, 15) is 8.42 Å². The monoisotopic (exact) mass is 287 g/mol. The smallest absolute Gasteiger partial charge is 0.268 e. The van der Waals surface area contributed by atoms with Crippen LogP contribution in [0.2, 0.25) is 0 Å². The van der Waals surface area contributed by atoms with Crippen LogP contribution >= 0.6 is 11.8 Å². The van der Waals surface area contributed by atoms with Crippen molar-refractivity contribution in [2.24, 2.45) is 5.16 Å². The minimum Gasteiger partial charge on any atom is -0.268 e. The molecule has 0 saturated heterocycles. The molecule has 0 fully saturated rings. The second-order valence-electron chi connectivity index (χ2n) is 4.16. The summed E-state index contributed by atoms with van der Waals surface area (Å²) >= 11 is 1.34. The van der Waals surface area contributed by atoms with Gasteiger partial charge in [-0.2, -0.15) is 8.42 Å². The Morgan fingerprint density at radius 3 is 2.22 bits per heavy atom. The number of oxime groups is 1. The summed E-state index contributed by atoms with van der Waals surface area (Å²) in [6.07, 6.45) is 2.79. The Balaban J connectivity index is 2.96. The Hall–Kier alpha value is -1.01. The molecule has 4 nitrogen and oxygen atoms in total. The number of hydrogen-bond donors (Lipinski definition) is 0. The molecular weight excluding hydrogens is 270 g/mol. The summed E-state index contributed by atoms with van der Waals surface area (Å²) in [5, 5.41) is 4.19. The van der Waals surface area contributed by atoms with Crippen molar-refractivity contribution in [1.82, 2.24) is 0 Å². The first-order valence-corrected chi connectivity index (χ1v) is 8.48. The molecular formula is C12H17NO3S2. The molecule has 0 N–H and O–H groups in total. The Morgan fingerprint density at radius 1 is 1.28 bits per heavy atom. The first-order valence-electron chi connectivity index (χ1n) is 5.44. The van der Waals surface area contributed by atoms with Gasteiger partial charge in [-0.3, -0.25) is 4.28 Å². The molecule has 18 heavy (non-hydrogen) atoms. The average Bonchev–Trinajstić information content (AvgIpc) is 2.29. The van der Waals surface area contributed by atoms with Gasteiger partial charge in [0, 0.05) is 5.56 Å². The summed E-state index contributed by atoms with van der Waals surface area (Å²) in [6.45, 7) is 4.23. The van der Waals surface area contributed by atoms with Crippen LogP contribution in [0.5, 0.6) is 0 Å². The van der Waals surface area contributed by atoms with Crippen molar-refractivity contribution < 1.29 is 12.7 Å². The molecule has 100 valence electrons. The molecule has 0 aliphatic heterocycles. The van der Waals surface area contributed by atoms with Gasteiger partial charge in [0.2, 0.25) is 0 Å². The highest BCUT2D eigenvalue weighted by Gasteiger charge is 2.07. The molecule has 1 aromatic carbocycles. The number of hydrogen-bond acceptors (Lipinski definition) is 5. The van der Waals surface area contributed by atoms with Gasteiger partial charge in [0.05, 0.1) is 6.26 Å². The Bertz CT molecular complexity index is 519. The number of benzene rings is 1. The van der Waals surface area contributed by atoms with Gasteiger partial charge in [-0.15, -0.1) is 11.8 Å². The molecule has 0 spiro atoms. The minimum absolute atomic E-state index is 0.459. The zero-order chi connectivity index (χ0) is 13.8. The summed E-state index contributed by atoms with van der Waals surface area (Å²) in [6, 6.07) is 7.84. The zero-order valence-corrected chi connectivity index (χ0v) is 12.5. The lowest BCUT2D eigenvalue weighted by Crippen LogP contribution is -2.02. The van der Waals surface area contributed by atoms with Crippen molar-refractivity contribution in [1.29, 1.82) is 0 Å². The Labute approximate surface area is 113 Å². The molecule has 0 aliphatic carbocycles. The molecule has 0 amide bonds. The maximum Gasteiger partial charge on any atom is 0.325 e. The highest BCUT2D eigenvalue weighted by Crippen LogP contribution is 2.18. The van der Waals surface area contributed by atoms with Crippen LogP contribution in [0.25, 0.3) is 0 Å². The molecule has 0 unspecified atom stereocenters. The van der Waals surface area contributed by atoms with Gasteiger partial charge in [-0.05, 0) is 17.7 Å². The molecule has 0 aliphatic rings. The van der Waals surface area contributed by atoms with E-state index >= 15 is 0 Å². The van der Waals surface area contributed by atoms with Crippen molar-refractivity contribution in [3.05, 3.63) is 35.4 Å². The minimum atomic E-state index is -3.56. The second-order valence-corrected chi connectivity index (χ2v) is 6.51. The molecule has 0 radical (unpaired) electrons. The normalized spacial score (nSPS) is 12.8. The lowest BCUT2D eigenvalue weighted by atomic mass is 10.0. The first kappa shape index (κ1) is 15.0. The molecule has 0 saturated carbocycles. The van der Waals surface area contributed by atoms with Gasteiger partial charge in [-0.25, -0.2) is 0 Å². The van der Waals surface area contributed by atoms with Crippen LogP contribution in [0.1, 0.15) is 30.9 Å². The van der Waals surface area contributed by atoms with Crippen LogP contribution in [0.15, 0.2) is 29.4 Å². The quantitative estimate of drug-likeness (QED) is 0.485. The summed E-state index contributed by atoms with van der Waals surface area (Å²) < 4.78 is 26.2. The predicted octanol–water partition coefficient (Wildman–Crippen LogP) is 2.81. The molecule has 1 aromatic rings. The third-order valence-corrected chi connectivity index (χ3v) is 3.32. The Morgan fingerprint density at radius 2 is 1.83 bits per heavy atom.